The summed E-state index contributed by atoms with van der Waals surface area (Å²) in [6.45, 7) is 3.04. The summed E-state index contributed by atoms with van der Waals surface area (Å²) in [5.74, 6) is -1.54. The van der Waals surface area contributed by atoms with Crippen LogP contribution in [0.4, 0.5) is 20.5 Å². The monoisotopic (exact) mass is 533 g/mol. The van der Waals surface area contributed by atoms with Crippen LogP contribution >= 0.6 is 0 Å². The van der Waals surface area contributed by atoms with E-state index in [4.69, 9.17) is 4.42 Å². The minimum absolute atomic E-state index is 0.0104. The number of likely N-dealkylation sites (N-methyl/N-ethyl adjacent to an activating group) is 1. The third-order valence-electron chi connectivity index (χ3n) is 6.90. The number of aromatic nitrogens is 1. The fourth-order valence-corrected chi connectivity index (χ4v) is 4.65. The topological polar surface area (TPSA) is 81.9 Å². The van der Waals surface area contributed by atoms with Gasteiger partial charge in [0, 0.05) is 63.2 Å². The highest BCUT2D eigenvalue weighted by Gasteiger charge is 2.24. The van der Waals surface area contributed by atoms with Crippen LogP contribution in [-0.4, -0.2) is 72.3 Å². The molecule has 1 aromatic heterocycles. The fourth-order valence-electron chi connectivity index (χ4n) is 4.65. The molecule has 1 saturated heterocycles. The first kappa shape index (κ1) is 26.3. The first-order valence-electron chi connectivity index (χ1n) is 12.5. The third kappa shape index (κ3) is 5.33. The van der Waals surface area contributed by atoms with Gasteiger partial charge in [0.1, 0.15) is 17.2 Å². The van der Waals surface area contributed by atoms with Crippen LogP contribution in [0.1, 0.15) is 21.5 Å². The second kappa shape index (κ2) is 10.5. The molecule has 0 spiro atoms. The van der Waals surface area contributed by atoms with Gasteiger partial charge in [-0.05, 0) is 54.4 Å². The number of rotatable bonds is 6. The number of nitrogens with zero attached hydrogens (tertiary/aromatic N) is 4. The minimum Gasteiger partial charge on any atom is -0.423 e. The maximum atomic E-state index is 15.1. The van der Waals surface area contributed by atoms with Gasteiger partial charge in [-0.2, -0.15) is 4.98 Å². The Labute approximate surface area is 224 Å². The number of nitrogens with one attached hydrogen (secondary N) is 1. The first-order valence-corrected chi connectivity index (χ1v) is 12.5. The Hall–Kier alpha value is -4.31. The lowest BCUT2D eigenvalue weighted by atomic mass is 10.0. The van der Waals surface area contributed by atoms with Crippen molar-refractivity contribution in [1.82, 2.24) is 19.7 Å². The Kier molecular flexibility index (Phi) is 7.05. The summed E-state index contributed by atoms with van der Waals surface area (Å²) in [4.78, 5) is 33.7. The molecule has 1 fully saturated rings. The molecule has 0 unspecified atom stereocenters. The summed E-state index contributed by atoms with van der Waals surface area (Å²) in [6.07, 6.45) is 0. The molecule has 1 N–H and O–H groups in total. The van der Waals surface area contributed by atoms with E-state index in [1.54, 1.807) is 61.3 Å². The Bertz CT molecular complexity index is 1560. The average molecular weight is 534 g/mol. The third-order valence-corrected chi connectivity index (χ3v) is 6.90. The number of carbonyl (C=O) groups excluding carboxylic acids is 2. The first-order chi connectivity index (χ1) is 18.6. The molecule has 0 saturated carbocycles. The Morgan fingerprint density at radius 1 is 1.10 bits per heavy atom. The standard InChI is InChI=1S/C29H29F2N5O3/c1-17-12-19(8-9-20(17)28(38)34(2)3)32-29-33-25-7-5-6-21(27(25)39-29)18-13-23(30)22(24(31)14-18)15-36-11-10-35(4)26(37)16-36/h5-9,12-14H,10-11,15-16H2,1-4H3,(H,32,33). The van der Waals surface area contributed by atoms with Crippen LogP contribution in [0.25, 0.3) is 22.2 Å². The SMILES string of the molecule is Cc1cc(Nc2nc3cccc(-c4cc(F)c(CN5CCN(C)C(=O)C5)c(F)c4)c3o2)ccc1C(=O)N(C)C. The highest BCUT2D eigenvalue weighted by atomic mass is 19.1. The zero-order valence-corrected chi connectivity index (χ0v) is 22.2. The maximum absolute atomic E-state index is 15.1. The summed E-state index contributed by atoms with van der Waals surface area (Å²) in [5, 5.41) is 3.10. The molecule has 39 heavy (non-hydrogen) atoms. The van der Waals surface area contributed by atoms with E-state index in [9.17, 15) is 9.59 Å². The molecular weight excluding hydrogens is 504 g/mol. The van der Waals surface area contributed by atoms with Crippen molar-refractivity contribution in [1.29, 1.82) is 0 Å². The van der Waals surface area contributed by atoms with E-state index in [-0.39, 0.29) is 36.5 Å². The summed E-state index contributed by atoms with van der Waals surface area (Å²) in [6, 6.07) is 13.3. The van der Waals surface area contributed by atoms with Crippen LogP contribution in [0.3, 0.4) is 0 Å². The number of aryl methyl sites for hydroxylation is 1. The molecule has 2 amide bonds. The zero-order chi connectivity index (χ0) is 27.8. The van der Waals surface area contributed by atoms with Gasteiger partial charge in [0.15, 0.2) is 5.58 Å². The van der Waals surface area contributed by atoms with E-state index in [0.717, 1.165) is 5.56 Å². The van der Waals surface area contributed by atoms with E-state index < -0.39 is 11.6 Å². The van der Waals surface area contributed by atoms with Crippen LogP contribution in [0.2, 0.25) is 0 Å². The molecule has 0 aliphatic carbocycles. The van der Waals surface area contributed by atoms with Crippen molar-refractivity contribution >= 4 is 34.6 Å². The number of fused-ring (bicyclic) bond motifs is 1. The van der Waals surface area contributed by atoms with Crippen molar-refractivity contribution in [3.8, 4) is 11.1 Å². The van der Waals surface area contributed by atoms with Gasteiger partial charge in [-0.3, -0.25) is 14.5 Å². The van der Waals surface area contributed by atoms with Crippen LogP contribution in [-0.2, 0) is 11.3 Å². The minimum atomic E-state index is -0.686. The van der Waals surface area contributed by atoms with Crippen molar-refractivity contribution in [2.45, 2.75) is 13.5 Å². The molecule has 4 aromatic rings. The molecular formula is C29H29F2N5O3. The molecule has 1 aliphatic rings. The van der Waals surface area contributed by atoms with Gasteiger partial charge in [-0.25, -0.2) is 8.78 Å². The number of carbonyl (C=O) groups is 2. The molecule has 0 atom stereocenters. The predicted molar refractivity (Wildman–Crippen MR) is 145 cm³/mol. The molecule has 8 nitrogen and oxygen atoms in total. The lowest BCUT2D eigenvalue weighted by Gasteiger charge is -2.32. The number of amides is 2. The summed E-state index contributed by atoms with van der Waals surface area (Å²) in [7, 11) is 5.11. The highest BCUT2D eigenvalue weighted by Crippen LogP contribution is 2.34. The number of piperazine rings is 1. The second-order valence-corrected chi connectivity index (χ2v) is 9.97. The molecule has 10 heteroatoms. The Morgan fingerprint density at radius 3 is 2.51 bits per heavy atom. The number of anilines is 2. The average Bonchev–Trinajstić information content (AvgIpc) is 3.30. The van der Waals surface area contributed by atoms with Gasteiger partial charge >= 0.3 is 0 Å². The zero-order valence-electron chi connectivity index (χ0n) is 22.2. The number of hydrogen-bond acceptors (Lipinski definition) is 6. The van der Waals surface area contributed by atoms with E-state index >= 15 is 8.78 Å². The lowest BCUT2D eigenvalue weighted by molar-refractivity contribution is -0.134. The summed E-state index contributed by atoms with van der Waals surface area (Å²) in [5.41, 5.74) is 3.71. The van der Waals surface area contributed by atoms with Gasteiger partial charge in [0.05, 0.1) is 6.54 Å². The molecule has 5 rings (SSSR count). The van der Waals surface area contributed by atoms with Gasteiger partial charge in [0.2, 0.25) is 5.91 Å². The van der Waals surface area contributed by atoms with Crippen molar-refractivity contribution in [3.63, 3.8) is 0 Å². The van der Waals surface area contributed by atoms with Crippen LogP contribution in [0.5, 0.6) is 0 Å². The molecule has 2 heterocycles. The molecule has 1 aliphatic heterocycles. The number of benzene rings is 3. The molecule has 0 bridgehead atoms. The van der Waals surface area contributed by atoms with E-state index in [0.29, 0.717) is 46.6 Å². The number of para-hydroxylation sites is 1. The van der Waals surface area contributed by atoms with Gasteiger partial charge in [-0.1, -0.05) is 12.1 Å². The van der Waals surface area contributed by atoms with Crippen molar-refractivity contribution in [2.75, 3.05) is 46.1 Å². The molecule has 3 aromatic carbocycles. The van der Waals surface area contributed by atoms with E-state index in [1.165, 1.54) is 17.0 Å². The quantitative estimate of drug-likeness (QED) is 0.384. The van der Waals surface area contributed by atoms with Crippen molar-refractivity contribution in [2.24, 2.45) is 0 Å². The molecule has 0 radical (unpaired) electrons. The highest BCUT2D eigenvalue weighted by molar-refractivity contribution is 5.96. The lowest BCUT2D eigenvalue weighted by Crippen LogP contribution is -2.48. The number of halogens is 2. The predicted octanol–water partition coefficient (Wildman–Crippen LogP) is 4.80. The Morgan fingerprint density at radius 2 is 1.85 bits per heavy atom. The fraction of sp³-hybridized carbons (Fsp3) is 0.276. The van der Waals surface area contributed by atoms with Crippen LogP contribution in [0, 0.1) is 18.6 Å². The smallest absolute Gasteiger partial charge is 0.300 e. The largest absolute Gasteiger partial charge is 0.423 e. The molecule has 202 valence electrons. The van der Waals surface area contributed by atoms with Crippen molar-refractivity contribution in [3.05, 3.63) is 76.9 Å². The maximum Gasteiger partial charge on any atom is 0.300 e. The second-order valence-electron chi connectivity index (χ2n) is 9.97. The summed E-state index contributed by atoms with van der Waals surface area (Å²) < 4.78 is 36.3. The number of oxazole rings is 1. The van der Waals surface area contributed by atoms with Crippen LogP contribution < -0.4 is 5.32 Å². The Balaban J connectivity index is 1.40. The van der Waals surface area contributed by atoms with Crippen molar-refractivity contribution < 1.29 is 22.8 Å². The van der Waals surface area contributed by atoms with E-state index in [1.807, 2.05) is 13.0 Å². The normalized spacial score (nSPS) is 14.2. The summed E-state index contributed by atoms with van der Waals surface area (Å²) >= 11 is 0. The van der Waals surface area contributed by atoms with Gasteiger partial charge in [0.25, 0.3) is 11.9 Å². The van der Waals surface area contributed by atoms with E-state index in [2.05, 4.69) is 10.3 Å². The van der Waals surface area contributed by atoms with Gasteiger partial charge in [-0.15, -0.1) is 0 Å². The number of hydrogen-bond donors (Lipinski definition) is 1. The van der Waals surface area contributed by atoms with Gasteiger partial charge < -0.3 is 19.5 Å². The van der Waals surface area contributed by atoms with Crippen LogP contribution in [0.15, 0.2) is 52.9 Å².